The van der Waals surface area contributed by atoms with Crippen LogP contribution in [0.3, 0.4) is 0 Å². The first-order valence-electron chi connectivity index (χ1n) is 8.62. The van der Waals surface area contributed by atoms with E-state index in [1.54, 1.807) is 12.1 Å². The Morgan fingerprint density at radius 3 is 2.15 bits per heavy atom. The molecule has 0 atom stereocenters. The molecule has 3 rings (SSSR count). The van der Waals surface area contributed by atoms with Crippen LogP contribution in [0.1, 0.15) is 38.4 Å². The average molecular weight is 356 g/mol. The van der Waals surface area contributed by atoms with E-state index in [1.807, 2.05) is 19.9 Å². The van der Waals surface area contributed by atoms with Crippen molar-refractivity contribution in [2.75, 3.05) is 0 Å². The molecule has 0 aliphatic carbocycles. The average Bonchev–Trinajstić information content (AvgIpc) is 2.94. The second-order valence-corrected chi connectivity index (χ2v) is 6.55. The lowest BCUT2D eigenvalue weighted by Gasteiger charge is -2.10. The number of allylic oxidation sites excluding steroid dienone is 1. The Labute approximate surface area is 158 Å². The Kier molecular flexibility index (Phi) is 4.96. The molecule has 0 fully saturated rings. The molecule has 0 aliphatic heterocycles. The predicted octanol–water partition coefficient (Wildman–Crippen LogP) is 5.16. The fourth-order valence-electron chi connectivity index (χ4n) is 3.15. The highest BCUT2D eigenvalue weighted by molar-refractivity contribution is 5.92. The van der Waals surface area contributed by atoms with Gasteiger partial charge in [-0.05, 0) is 68.3 Å². The van der Waals surface area contributed by atoms with Gasteiger partial charge < -0.3 is 9.67 Å². The number of rotatable bonds is 4. The third-order valence-corrected chi connectivity index (χ3v) is 4.63. The molecule has 4 heteroatoms. The van der Waals surface area contributed by atoms with Crippen molar-refractivity contribution in [2.24, 2.45) is 0 Å². The van der Waals surface area contributed by atoms with Crippen molar-refractivity contribution in [3.05, 3.63) is 88.2 Å². The molecule has 2 aromatic carbocycles. The van der Waals surface area contributed by atoms with E-state index in [9.17, 15) is 10.1 Å². The highest BCUT2D eigenvalue weighted by Gasteiger charge is 2.11. The van der Waals surface area contributed by atoms with E-state index >= 15 is 0 Å². The third kappa shape index (κ3) is 3.68. The minimum Gasteiger partial charge on any atom is -0.478 e. The van der Waals surface area contributed by atoms with Crippen molar-refractivity contribution < 1.29 is 9.90 Å². The van der Waals surface area contributed by atoms with Gasteiger partial charge in [0.1, 0.15) is 0 Å². The number of hydrogen-bond donors (Lipinski definition) is 1. The minimum absolute atomic E-state index is 0.202. The van der Waals surface area contributed by atoms with Gasteiger partial charge in [0, 0.05) is 17.1 Å². The molecule has 3 aromatic rings. The van der Waals surface area contributed by atoms with Crippen LogP contribution in [0.2, 0.25) is 0 Å². The third-order valence-electron chi connectivity index (χ3n) is 4.63. The van der Waals surface area contributed by atoms with E-state index in [1.165, 1.54) is 17.7 Å². The van der Waals surface area contributed by atoms with Crippen LogP contribution in [-0.4, -0.2) is 15.6 Å². The number of aryl methyl sites for hydroxylation is 2. The monoisotopic (exact) mass is 356 g/mol. The van der Waals surface area contributed by atoms with Crippen LogP contribution in [0.4, 0.5) is 0 Å². The summed E-state index contributed by atoms with van der Waals surface area (Å²) < 4.78 is 2.16. The summed E-state index contributed by atoms with van der Waals surface area (Å²) >= 11 is 0. The molecule has 0 aliphatic rings. The highest BCUT2D eigenvalue weighted by atomic mass is 16.4. The normalized spacial score (nSPS) is 11.3. The van der Waals surface area contributed by atoms with E-state index in [0.717, 1.165) is 22.6 Å². The Balaban J connectivity index is 2.03. The fourth-order valence-corrected chi connectivity index (χ4v) is 3.15. The van der Waals surface area contributed by atoms with E-state index in [0.29, 0.717) is 11.1 Å². The number of aromatic carboxylic acids is 1. The maximum Gasteiger partial charge on any atom is 0.335 e. The van der Waals surface area contributed by atoms with E-state index in [-0.39, 0.29) is 5.56 Å². The van der Waals surface area contributed by atoms with Crippen LogP contribution in [0.5, 0.6) is 0 Å². The lowest BCUT2D eigenvalue weighted by atomic mass is 10.0. The summed E-state index contributed by atoms with van der Waals surface area (Å²) in [4.78, 5) is 11.0. The summed E-state index contributed by atoms with van der Waals surface area (Å²) in [5, 5.41) is 18.6. The lowest BCUT2D eigenvalue weighted by Crippen LogP contribution is -1.99. The summed E-state index contributed by atoms with van der Waals surface area (Å²) in [7, 11) is 0. The van der Waals surface area contributed by atoms with E-state index in [2.05, 4.69) is 47.9 Å². The Morgan fingerprint density at radius 1 is 1.00 bits per heavy atom. The van der Waals surface area contributed by atoms with Gasteiger partial charge in [-0.3, -0.25) is 0 Å². The Morgan fingerprint density at radius 2 is 1.59 bits per heavy atom. The number of carboxylic acid groups (broad SMARTS) is 1. The first-order chi connectivity index (χ1) is 12.9. The molecular weight excluding hydrogens is 336 g/mol. The highest BCUT2D eigenvalue weighted by Crippen LogP contribution is 2.25. The fraction of sp³-hybridized carbons (Fsp3) is 0.130. The topological polar surface area (TPSA) is 66.0 Å². The molecule has 4 nitrogen and oxygen atoms in total. The first-order valence-corrected chi connectivity index (χ1v) is 8.62. The number of nitrogens with zero attached hydrogens (tertiary/aromatic N) is 2. The molecule has 0 spiro atoms. The Hall–Kier alpha value is -3.58. The van der Waals surface area contributed by atoms with Crippen LogP contribution in [0, 0.1) is 32.1 Å². The van der Waals surface area contributed by atoms with Crippen molar-refractivity contribution >= 4 is 17.6 Å². The van der Waals surface area contributed by atoms with Gasteiger partial charge in [0.15, 0.2) is 0 Å². The Bertz CT molecular complexity index is 1060. The molecule has 0 saturated heterocycles. The molecule has 0 amide bonds. The standard InChI is InChI=1S/C23H20N2O2/c1-15-4-10-22(11-5-15)25-16(2)12-20(17(25)3)13-21(14-24)18-6-8-19(9-7-18)23(26)27/h4-13H,1-3H3,(H,26,27)/b21-13+. The molecule has 1 heterocycles. The number of carboxylic acids is 1. The predicted molar refractivity (Wildman–Crippen MR) is 107 cm³/mol. The van der Waals surface area contributed by atoms with Crippen LogP contribution < -0.4 is 0 Å². The van der Waals surface area contributed by atoms with Crippen molar-refractivity contribution in [3.8, 4) is 11.8 Å². The van der Waals surface area contributed by atoms with Gasteiger partial charge in [-0.15, -0.1) is 0 Å². The zero-order chi connectivity index (χ0) is 19.6. The SMILES string of the molecule is Cc1ccc(-n2c(C)cc(/C=C(\C#N)c3ccc(C(=O)O)cc3)c2C)cc1. The van der Waals surface area contributed by atoms with Crippen LogP contribution in [-0.2, 0) is 0 Å². The number of benzene rings is 2. The lowest BCUT2D eigenvalue weighted by molar-refractivity contribution is 0.0697. The minimum atomic E-state index is -0.981. The number of nitriles is 1. The molecule has 0 unspecified atom stereocenters. The van der Waals surface area contributed by atoms with Gasteiger partial charge in [-0.25, -0.2) is 4.79 Å². The second-order valence-electron chi connectivity index (χ2n) is 6.55. The summed E-state index contributed by atoms with van der Waals surface area (Å²) in [6.07, 6.45) is 1.85. The van der Waals surface area contributed by atoms with Gasteiger partial charge in [0.2, 0.25) is 0 Å². The van der Waals surface area contributed by atoms with Crippen molar-refractivity contribution in [1.82, 2.24) is 4.57 Å². The van der Waals surface area contributed by atoms with E-state index in [4.69, 9.17) is 5.11 Å². The van der Waals surface area contributed by atoms with Gasteiger partial charge in [0.05, 0.1) is 17.2 Å². The maximum absolute atomic E-state index is 11.0. The summed E-state index contributed by atoms with van der Waals surface area (Å²) in [5.41, 5.74) is 6.78. The van der Waals surface area contributed by atoms with Crippen molar-refractivity contribution in [3.63, 3.8) is 0 Å². The van der Waals surface area contributed by atoms with E-state index < -0.39 is 5.97 Å². The quantitative estimate of drug-likeness (QED) is 0.656. The van der Waals surface area contributed by atoms with Gasteiger partial charge >= 0.3 is 5.97 Å². The molecule has 134 valence electrons. The molecule has 0 bridgehead atoms. The molecule has 0 radical (unpaired) electrons. The van der Waals surface area contributed by atoms with Crippen molar-refractivity contribution in [1.29, 1.82) is 5.26 Å². The molecule has 1 N–H and O–H groups in total. The largest absolute Gasteiger partial charge is 0.478 e. The maximum atomic E-state index is 11.0. The zero-order valence-electron chi connectivity index (χ0n) is 15.5. The summed E-state index contributed by atoms with van der Waals surface area (Å²) in [6, 6.07) is 18.9. The van der Waals surface area contributed by atoms with Gasteiger partial charge in [-0.1, -0.05) is 29.8 Å². The molecular formula is C23H20N2O2. The smallest absolute Gasteiger partial charge is 0.335 e. The zero-order valence-corrected chi connectivity index (χ0v) is 15.5. The number of hydrogen-bond acceptors (Lipinski definition) is 2. The molecule has 1 aromatic heterocycles. The molecule has 0 saturated carbocycles. The first kappa shape index (κ1) is 18.2. The van der Waals surface area contributed by atoms with Crippen LogP contribution in [0.15, 0.2) is 54.6 Å². The van der Waals surface area contributed by atoms with Crippen LogP contribution in [0.25, 0.3) is 17.3 Å². The van der Waals surface area contributed by atoms with Gasteiger partial charge in [-0.2, -0.15) is 5.26 Å². The summed E-state index contributed by atoms with van der Waals surface area (Å²) in [6.45, 7) is 6.13. The van der Waals surface area contributed by atoms with Crippen LogP contribution >= 0.6 is 0 Å². The summed E-state index contributed by atoms with van der Waals surface area (Å²) in [5.74, 6) is -0.981. The second kappa shape index (κ2) is 7.35. The number of aromatic nitrogens is 1. The van der Waals surface area contributed by atoms with Gasteiger partial charge in [0.25, 0.3) is 0 Å². The van der Waals surface area contributed by atoms with Crippen molar-refractivity contribution in [2.45, 2.75) is 20.8 Å². The number of carbonyl (C=O) groups is 1. The molecule has 27 heavy (non-hydrogen) atoms.